The number of thiophene rings is 1. The summed E-state index contributed by atoms with van der Waals surface area (Å²) in [5.74, 6) is 0.500. The quantitative estimate of drug-likeness (QED) is 0.0909. The first-order valence-corrected chi connectivity index (χ1v) is 22.4. The molecule has 0 amide bonds. The molecule has 306 valence electrons. The molecule has 1 atom stereocenters. The number of nitrogens with two attached hydrogens (primary N) is 2. The first kappa shape index (κ1) is 39.8. The Bertz CT molecular complexity index is 3540. The smallest absolute Gasteiger partial charge is 0.136 e. The second-order valence-corrected chi connectivity index (χ2v) is 17.0. The lowest BCUT2D eigenvalue weighted by Gasteiger charge is -2.17. The van der Waals surface area contributed by atoms with Crippen molar-refractivity contribution in [3.05, 3.63) is 210 Å². The van der Waals surface area contributed by atoms with Crippen molar-refractivity contribution < 1.29 is 4.42 Å². The molecule has 2 heterocycles. The number of nitrogens with zero attached hydrogens (tertiary/aromatic N) is 1. The Kier molecular flexibility index (Phi) is 10.7. The third-order valence-corrected chi connectivity index (χ3v) is 13.4. The molecule has 0 saturated heterocycles. The summed E-state index contributed by atoms with van der Waals surface area (Å²) < 4.78 is 9.02. The number of allylic oxidation sites excluding steroid dienone is 1. The Morgan fingerprint density at radius 1 is 0.587 bits per heavy atom. The van der Waals surface area contributed by atoms with E-state index in [0.29, 0.717) is 5.84 Å². The highest BCUT2D eigenvalue weighted by Gasteiger charge is 2.21. The lowest BCUT2D eigenvalue weighted by atomic mass is 9.90. The molecule has 0 fully saturated rings. The molecular formula is C58H47N3OS. The molecule has 0 bridgehead atoms. The van der Waals surface area contributed by atoms with Gasteiger partial charge in [0.05, 0.1) is 0 Å². The molecule has 1 unspecified atom stereocenters. The second kappa shape index (κ2) is 16.9. The molecule has 2 aromatic heterocycles. The number of aliphatic imine (C=N–C) groups is 1. The van der Waals surface area contributed by atoms with Gasteiger partial charge in [-0.15, -0.1) is 11.3 Å². The molecule has 11 rings (SSSR count). The third kappa shape index (κ3) is 7.06. The minimum Gasteiger partial charge on any atom is -0.456 e. The van der Waals surface area contributed by atoms with Crippen LogP contribution in [0.5, 0.6) is 0 Å². The van der Waals surface area contributed by atoms with Gasteiger partial charge in [0.15, 0.2) is 0 Å². The fourth-order valence-corrected chi connectivity index (χ4v) is 10.4. The summed E-state index contributed by atoms with van der Waals surface area (Å²) in [6.07, 6.45) is 5.55. The summed E-state index contributed by atoms with van der Waals surface area (Å²) in [6, 6.07) is 62.5. The highest BCUT2D eigenvalue weighted by atomic mass is 32.1. The Labute approximate surface area is 371 Å². The summed E-state index contributed by atoms with van der Waals surface area (Å²) in [4.78, 5) is 5.29. The number of benzene rings is 9. The Morgan fingerprint density at radius 3 is 2.05 bits per heavy atom. The van der Waals surface area contributed by atoms with Crippen molar-refractivity contribution in [3.63, 3.8) is 0 Å². The average molecular weight is 834 g/mol. The Hall–Kier alpha value is -7.31. The number of fused-ring (bicyclic) bond motifs is 9. The van der Waals surface area contributed by atoms with E-state index in [4.69, 9.17) is 15.1 Å². The van der Waals surface area contributed by atoms with Crippen LogP contribution in [0.1, 0.15) is 47.2 Å². The van der Waals surface area contributed by atoms with Crippen molar-refractivity contribution in [1.29, 1.82) is 0 Å². The molecule has 5 heteroatoms. The number of aryl methyl sites for hydroxylation is 1. The van der Waals surface area contributed by atoms with Gasteiger partial charge in [0.2, 0.25) is 0 Å². The third-order valence-electron chi connectivity index (χ3n) is 12.3. The lowest BCUT2D eigenvalue weighted by Crippen LogP contribution is -2.16. The van der Waals surface area contributed by atoms with Gasteiger partial charge < -0.3 is 15.9 Å². The maximum Gasteiger partial charge on any atom is 0.136 e. The predicted molar refractivity (Wildman–Crippen MR) is 272 cm³/mol. The van der Waals surface area contributed by atoms with Crippen LogP contribution in [0.4, 0.5) is 0 Å². The summed E-state index contributed by atoms with van der Waals surface area (Å²) in [7, 11) is 1.50. The summed E-state index contributed by atoms with van der Waals surface area (Å²) >= 11 is 1.82. The fourth-order valence-electron chi connectivity index (χ4n) is 9.29. The van der Waals surface area contributed by atoms with Crippen molar-refractivity contribution in [3.8, 4) is 22.3 Å². The van der Waals surface area contributed by atoms with Crippen LogP contribution in [0.15, 0.2) is 191 Å². The standard InChI is InChI=1S/C57H42N2OS.CH5N/c1-3-4-16-41-35(2)42-17-8-9-18-44(42)48-33-39(29-31-45(41)48)40-30-32-50-49(34-40)54-43(20-12-22-51(54)60-50)36-25-27-38(28-26-36)57(58)59-56(37-14-6-5-7-15-37)47-21-13-24-53-55(47)46-19-10-11-23-52(46)61-53;1-2/h4-34,56H,3H2,1-2H3,(H2,58,59);2H2,1H3/b16-4-;. The van der Waals surface area contributed by atoms with E-state index in [1.807, 2.05) is 17.4 Å². The summed E-state index contributed by atoms with van der Waals surface area (Å²) in [5.41, 5.74) is 23.5. The molecule has 4 N–H and O–H groups in total. The lowest BCUT2D eigenvalue weighted by molar-refractivity contribution is 0.669. The maximum atomic E-state index is 6.95. The van der Waals surface area contributed by atoms with E-state index in [1.54, 1.807) is 0 Å². The molecular weight excluding hydrogens is 787 g/mol. The molecule has 11 aromatic rings. The normalized spacial score (nSPS) is 12.5. The van der Waals surface area contributed by atoms with Gasteiger partial charge in [-0.25, -0.2) is 0 Å². The van der Waals surface area contributed by atoms with Crippen LogP contribution in [0.25, 0.3) is 92.0 Å². The zero-order valence-corrected chi connectivity index (χ0v) is 36.4. The molecule has 0 spiro atoms. The highest BCUT2D eigenvalue weighted by molar-refractivity contribution is 7.25. The number of rotatable bonds is 8. The average Bonchev–Trinajstić information content (AvgIpc) is 3.92. The van der Waals surface area contributed by atoms with Crippen LogP contribution in [0.2, 0.25) is 0 Å². The monoisotopic (exact) mass is 833 g/mol. The van der Waals surface area contributed by atoms with Gasteiger partial charge in [-0.1, -0.05) is 159 Å². The number of hydrogen-bond acceptors (Lipinski definition) is 4. The van der Waals surface area contributed by atoms with Gasteiger partial charge in [-0.05, 0) is 123 Å². The van der Waals surface area contributed by atoms with Gasteiger partial charge in [-0.2, -0.15) is 0 Å². The van der Waals surface area contributed by atoms with E-state index in [-0.39, 0.29) is 6.04 Å². The molecule has 0 aliphatic heterocycles. The zero-order chi connectivity index (χ0) is 43.0. The second-order valence-electron chi connectivity index (χ2n) is 15.9. The van der Waals surface area contributed by atoms with Gasteiger partial charge in [0, 0.05) is 36.5 Å². The van der Waals surface area contributed by atoms with Crippen molar-refractivity contribution in [2.24, 2.45) is 16.5 Å². The SMILES string of the molecule is CC/C=C\c1c(C)c2ccccc2c2cc(-c3ccc4oc5cccc(-c6ccc(C(N)=NC(c7ccccc7)c7cccc8sc9ccccc9c78)cc6)c5c4c3)ccc12.CN. The first-order chi connectivity index (χ1) is 31.0. The van der Waals surface area contributed by atoms with E-state index in [9.17, 15) is 0 Å². The van der Waals surface area contributed by atoms with Crippen LogP contribution in [0, 0.1) is 6.92 Å². The summed E-state index contributed by atoms with van der Waals surface area (Å²) in [6.45, 7) is 4.43. The number of hydrogen-bond donors (Lipinski definition) is 2. The fraction of sp³-hybridized carbons (Fsp3) is 0.0862. The van der Waals surface area contributed by atoms with Gasteiger partial charge in [0.25, 0.3) is 0 Å². The van der Waals surface area contributed by atoms with Crippen LogP contribution >= 0.6 is 11.3 Å². The van der Waals surface area contributed by atoms with E-state index in [0.717, 1.165) is 61.7 Å². The molecule has 0 radical (unpaired) electrons. The van der Waals surface area contributed by atoms with Crippen molar-refractivity contribution in [1.82, 2.24) is 0 Å². The predicted octanol–water partition coefficient (Wildman–Crippen LogP) is 15.4. The number of furan rings is 1. The number of amidine groups is 1. The molecule has 4 nitrogen and oxygen atoms in total. The Morgan fingerprint density at radius 2 is 1.25 bits per heavy atom. The molecule has 9 aromatic carbocycles. The minimum absolute atomic E-state index is 0.270. The molecule has 0 aliphatic carbocycles. The molecule has 63 heavy (non-hydrogen) atoms. The van der Waals surface area contributed by atoms with E-state index >= 15 is 0 Å². The highest BCUT2D eigenvalue weighted by Crippen LogP contribution is 2.43. The van der Waals surface area contributed by atoms with Crippen LogP contribution in [0.3, 0.4) is 0 Å². The van der Waals surface area contributed by atoms with E-state index in [1.165, 1.54) is 65.5 Å². The van der Waals surface area contributed by atoms with E-state index in [2.05, 4.69) is 202 Å². The largest absolute Gasteiger partial charge is 0.456 e. The zero-order valence-electron chi connectivity index (χ0n) is 35.6. The van der Waals surface area contributed by atoms with Gasteiger partial charge in [0.1, 0.15) is 23.0 Å². The van der Waals surface area contributed by atoms with Crippen molar-refractivity contribution in [2.45, 2.75) is 26.3 Å². The first-order valence-electron chi connectivity index (χ1n) is 21.6. The maximum absolute atomic E-state index is 6.95. The van der Waals surface area contributed by atoms with Crippen molar-refractivity contribution in [2.75, 3.05) is 7.05 Å². The topological polar surface area (TPSA) is 77.5 Å². The van der Waals surface area contributed by atoms with E-state index < -0.39 is 0 Å². The minimum atomic E-state index is -0.270. The van der Waals surface area contributed by atoms with Gasteiger partial charge >= 0.3 is 0 Å². The van der Waals surface area contributed by atoms with Crippen LogP contribution in [-0.4, -0.2) is 12.9 Å². The molecule has 0 saturated carbocycles. The van der Waals surface area contributed by atoms with Crippen LogP contribution in [-0.2, 0) is 0 Å². The van der Waals surface area contributed by atoms with Crippen LogP contribution < -0.4 is 11.5 Å². The van der Waals surface area contributed by atoms with Crippen molar-refractivity contribution >= 4 is 86.9 Å². The molecule has 0 aliphatic rings. The summed E-state index contributed by atoms with van der Waals surface area (Å²) in [5, 5.41) is 9.80. The van der Waals surface area contributed by atoms with Gasteiger partial charge in [-0.3, -0.25) is 4.99 Å². The Balaban J connectivity index is 0.00000232.